The number of ether oxygens (including phenoxy) is 1. The Morgan fingerprint density at radius 2 is 2.08 bits per heavy atom. The summed E-state index contributed by atoms with van der Waals surface area (Å²) in [6, 6.07) is 3.51. The van der Waals surface area contributed by atoms with Crippen molar-refractivity contribution >= 4 is 15.9 Å². The van der Waals surface area contributed by atoms with Crippen LogP contribution in [0.15, 0.2) is 23.1 Å². The van der Waals surface area contributed by atoms with Crippen LogP contribution in [0.3, 0.4) is 0 Å². The van der Waals surface area contributed by atoms with E-state index in [9.17, 15) is 26.4 Å². The van der Waals surface area contributed by atoms with Gasteiger partial charge in [0.1, 0.15) is 5.60 Å². The number of carbonyl (C=O) groups excluding carboxylic acids is 1. The normalized spacial score (nSPS) is 21.3. The fraction of sp³-hybridized carbons (Fsp3) is 0.429. The van der Waals surface area contributed by atoms with Gasteiger partial charge in [-0.1, -0.05) is 0 Å². The number of rotatable bonds is 3. The quantitative estimate of drug-likeness (QED) is 0.887. The highest BCUT2D eigenvalue weighted by Gasteiger charge is 2.42. The summed E-state index contributed by atoms with van der Waals surface area (Å²) in [4.78, 5) is 11.0. The van der Waals surface area contributed by atoms with Crippen molar-refractivity contribution < 1.29 is 31.1 Å². The van der Waals surface area contributed by atoms with Gasteiger partial charge in [-0.3, -0.25) is 4.79 Å². The minimum atomic E-state index is -5.01. The molecule has 1 unspecified atom stereocenters. The molecule has 1 saturated heterocycles. The zero-order valence-corrected chi connectivity index (χ0v) is 13.3. The smallest absolute Gasteiger partial charge is 0.365 e. The van der Waals surface area contributed by atoms with Gasteiger partial charge in [0.05, 0.1) is 22.1 Å². The average molecular weight is 362 g/mol. The van der Waals surface area contributed by atoms with Gasteiger partial charge in [-0.15, -0.1) is 0 Å². The maximum Gasteiger partial charge on any atom is 0.417 e. The molecule has 24 heavy (non-hydrogen) atoms. The SMILES string of the molecule is CC1(C(=O)NS(=O)(=O)c2ccc(C#N)cc2C(F)(F)F)CCCO1. The van der Waals surface area contributed by atoms with Crippen molar-refractivity contribution in [3.8, 4) is 6.07 Å². The molecule has 130 valence electrons. The predicted octanol–water partition coefficient (Wildman–Crippen LogP) is 1.95. The molecule has 1 fully saturated rings. The van der Waals surface area contributed by atoms with Gasteiger partial charge in [0.25, 0.3) is 15.9 Å². The van der Waals surface area contributed by atoms with E-state index in [4.69, 9.17) is 10.00 Å². The summed E-state index contributed by atoms with van der Waals surface area (Å²) in [5.74, 6) is -1.03. The van der Waals surface area contributed by atoms with Crippen molar-refractivity contribution in [1.82, 2.24) is 4.72 Å². The molecule has 10 heteroatoms. The minimum Gasteiger partial charge on any atom is -0.365 e. The first-order chi connectivity index (χ1) is 11.0. The first-order valence-corrected chi connectivity index (χ1v) is 8.30. The zero-order chi connectivity index (χ0) is 18.2. The van der Waals surface area contributed by atoms with Crippen LogP contribution >= 0.6 is 0 Å². The van der Waals surface area contributed by atoms with E-state index in [0.29, 0.717) is 18.6 Å². The second-order valence-electron chi connectivity index (χ2n) is 5.44. The molecule has 0 saturated carbocycles. The third-order valence-corrected chi connectivity index (χ3v) is 5.02. The second kappa shape index (κ2) is 6.07. The van der Waals surface area contributed by atoms with Crippen LogP contribution in [0.1, 0.15) is 30.9 Å². The van der Waals surface area contributed by atoms with Crippen LogP contribution in [0.2, 0.25) is 0 Å². The molecular formula is C14H13F3N2O4S. The van der Waals surface area contributed by atoms with E-state index in [-0.39, 0.29) is 18.6 Å². The predicted molar refractivity (Wildman–Crippen MR) is 75.1 cm³/mol. The lowest BCUT2D eigenvalue weighted by molar-refractivity contribution is -0.140. The third kappa shape index (κ3) is 3.52. The molecule has 1 heterocycles. The van der Waals surface area contributed by atoms with E-state index < -0.39 is 38.2 Å². The molecule has 6 nitrogen and oxygen atoms in total. The molecule has 0 radical (unpaired) electrons. The summed E-state index contributed by atoms with van der Waals surface area (Å²) < 4.78 is 70.6. The summed E-state index contributed by atoms with van der Waals surface area (Å²) in [7, 11) is -4.78. The summed E-state index contributed by atoms with van der Waals surface area (Å²) in [6.45, 7) is 1.63. The van der Waals surface area contributed by atoms with Crippen LogP contribution in [-0.4, -0.2) is 26.5 Å². The van der Waals surface area contributed by atoms with E-state index in [1.165, 1.54) is 13.0 Å². The van der Waals surface area contributed by atoms with Gasteiger partial charge in [-0.25, -0.2) is 13.1 Å². The van der Waals surface area contributed by atoms with Crippen LogP contribution in [0.5, 0.6) is 0 Å². The van der Waals surface area contributed by atoms with Gasteiger partial charge < -0.3 is 4.74 Å². The van der Waals surface area contributed by atoms with Gasteiger partial charge in [0.15, 0.2) is 0 Å². The Kier molecular flexibility index (Phi) is 4.61. The number of hydrogen-bond acceptors (Lipinski definition) is 5. The topological polar surface area (TPSA) is 96.3 Å². The maximum absolute atomic E-state index is 13.1. The van der Waals surface area contributed by atoms with Crippen LogP contribution in [0.4, 0.5) is 13.2 Å². The number of halogens is 3. The first kappa shape index (κ1) is 18.2. The molecule has 0 aliphatic carbocycles. The van der Waals surface area contributed by atoms with Crippen LogP contribution in [0.25, 0.3) is 0 Å². The Labute approximate surface area is 136 Å². The van der Waals surface area contributed by atoms with Gasteiger partial charge in [-0.05, 0) is 38.0 Å². The summed E-state index contributed by atoms with van der Waals surface area (Å²) >= 11 is 0. The van der Waals surface area contributed by atoms with E-state index in [2.05, 4.69) is 0 Å². The summed E-state index contributed by atoms with van der Waals surface area (Å²) in [6.07, 6.45) is -4.21. The largest absolute Gasteiger partial charge is 0.417 e. The summed E-state index contributed by atoms with van der Waals surface area (Å²) in [5, 5.41) is 8.69. The van der Waals surface area contributed by atoms with Crippen molar-refractivity contribution in [2.75, 3.05) is 6.61 Å². The number of amides is 1. The molecule has 0 spiro atoms. The fourth-order valence-corrected chi connectivity index (χ4v) is 3.58. The Balaban J connectivity index is 2.43. The van der Waals surface area contributed by atoms with E-state index in [0.717, 1.165) is 6.07 Å². The highest BCUT2D eigenvalue weighted by molar-refractivity contribution is 7.90. The van der Waals surface area contributed by atoms with Crippen LogP contribution < -0.4 is 4.72 Å². The lowest BCUT2D eigenvalue weighted by Gasteiger charge is -2.22. The summed E-state index contributed by atoms with van der Waals surface area (Å²) in [5.41, 5.74) is -3.27. The number of nitriles is 1. The number of sulfonamides is 1. The van der Waals surface area contributed by atoms with Crippen LogP contribution in [-0.2, 0) is 25.7 Å². The number of hydrogen-bond donors (Lipinski definition) is 1. The second-order valence-corrected chi connectivity index (χ2v) is 7.09. The number of nitrogens with one attached hydrogen (secondary N) is 1. The highest BCUT2D eigenvalue weighted by atomic mass is 32.2. The molecular weight excluding hydrogens is 349 g/mol. The Bertz CT molecular complexity index is 806. The van der Waals surface area contributed by atoms with Crippen molar-refractivity contribution in [2.24, 2.45) is 0 Å². The first-order valence-electron chi connectivity index (χ1n) is 6.82. The van der Waals surface area contributed by atoms with E-state index in [1.54, 1.807) is 4.72 Å². The molecule has 1 aliphatic heterocycles. The molecule has 0 bridgehead atoms. The van der Waals surface area contributed by atoms with Gasteiger partial charge in [-0.2, -0.15) is 18.4 Å². The number of benzene rings is 1. The lowest BCUT2D eigenvalue weighted by atomic mass is 10.0. The van der Waals surface area contributed by atoms with Gasteiger partial charge in [0, 0.05) is 6.61 Å². The Morgan fingerprint density at radius 3 is 2.58 bits per heavy atom. The standard InChI is InChI=1S/C14H13F3N2O4S/c1-13(5-2-6-23-13)12(20)19-24(21,22)11-4-3-9(8-18)7-10(11)14(15,16)17/h3-4,7H,2,5-6H2,1H3,(H,19,20). The molecule has 1 aromatic rings. The van der Waals surface area contributed by atoms with Crippen molar-refractivity contribution in [3.63, 3.8) is 0 Å². The average Bonchev–Trinajstić information content (AvgIpc) is 2.93. The molecule has 1 aromatic carbocycles. The molecule has 1 N–H and O–H groups in total. The monoisotopic (exact) mass is 362 g/mol. The van der Waals surface area contributed by atoms with Crippen LogP contribution in [0, 0.1) is 11.3 Å². The van der Waals surface area contributed by atoms with E-state index >= 15 is 0 Å². The lowest BCUT2D eigenvalue weighted by Crippen LogP contribution is -2.46. The fourth-order valence-electron chi connectivity index (χ4n) is 2.30. The Morgan fingerprint density at radius 1 is 1.42 bits per heavy atom. The van der Waals surface area contributed by atoms with E-state index in [1.807, 2.05) is 0 Å². The number of nitrogens with zero attached hydrogens (tertiary/aromatic N) is 1. The van der Waals surface area contributed by atoms with Crippen molar-refractivity contribution in [1.29, 1.82) is 5.26 Å². The molecule has 2 rings (SSSR count). The molecule has 1 amide bonds. The van der Waals surface area contributed by atoms with Gasteiger partial charge in [0.2, 0.25) is 0 Å². The third-order valence-electron chi connectivity index (χ3n) is 3.63. The molecule has 1 aliphatic rings. The zero-order valence-electron chi connectivity index (χ0n) is 12.5. The minimum absolute atomic E-state index is 0.258. The number of carbonyl (C=O) groups is 1. The molecule has 0 aromatic heterocycles. The maximum atomic E-state index is 13.1. The molecule has 1 atom stereocenters. The van der Waals surface area contributed by atoms with Crippen molar-refractivity contribution in [2.45, 2.75) is 36.4 Å². The number of alkyl halides is 3. The van der Waals surface area contributed by atoms with Gasteiger partial charge >= 0.3 is 6.18 Å². The van der Waals surface area contributed by atoms with Crippen molar-refractivity contribution in [3.05, 3.63) is 29.3 Å². The highest BCUT2D eigenvalue weighted by Crippen LogP contribution is 2.35. The Hall–Kier alpha value is -2.12.